The summed E-state index contributed by atoms with van der Waals surface area (Å²) in [6.07, 6.45) is -11.0. The third kappa shape index (κ3) is 5.88. The van der Waals surface area contributed by atoms with E-state index in [1.807, 2.05) is 32.0 Å². The molecular formula is C26H34O10. The van der Waals surface area contributed by atoms with Crippen LogP contribution in [-0.2, 0) is 14.2 Å². The Morgan fingerprint density at radius 2 is 1.53 bits per heavy atom. The minimum Gasteiger partial charge on any atom is -0.457 e. The van der Waals surface area contributed by atoms with Gasteiger partial charge in [0.05, 0.1) is 25.4 Å². The van der Waals surface area contributed by atoms with Crippen LogP contribution in [0.4, 0.5) is 0 Å². The average Bonchev–Trinajstić information content (AvgIpc) is 2.85. The van der Waals surface area contributed by atoms with Crippen LogP contribution in [-0.4, -0.2) is 92.9 Å². The Balaban J connectivity index is 1.53. The topological polar surface area (TPSA) is 158 Å². The smallest absolute Gasteiger partial charge is 0.187 e. The molecule has 10 heteroatoms. The van der Waals surface area contributed by atoms with Crippen LogP contribution in [0.5, 0.6) is 11.5 Å². The number of aliphatic hydroxyl groups excluding tert-OH is 6. The average molecular weight is 507 g/mol. The quantitative estimate of drug-likeness (QED) is 0.312. The summed E-state index contributed by atoms with van der Waals surface area (Å²) in [5.74, 6) is 1.21. The monoisotopic (exact) mass is 506 g/mol. The van der Waals surface area contributed by atoms with Gasteiger partial charge in [0, 0.05) is 6.42 Å². The molecule has 0 saturated carbocycles. The van der Waals surface area contributed by atoms with Gasteiger partial charge in [-0.3, -0.25) is 0 Å². The molecule has 198 valence electrons. The van der Waals surface area contributed by atoms with Crippen molar-refractivity contribution in [2.75, 3.05) is 13.2 Å². The van der Waals surface area contributed by atoms with Gasteiger partial charge in [-0.15, -0.1) is 0 Å². The molecule has 4 rings (SSSR count). The lowest BCUT2D eigenvalue weighted by molar-refractivity contribution is -0.329. The van der Waals surface area contributed by atoms with Crippen LogP contribution in [0.3, 0.4) is 0 Å². The van der Waals surface area contributed by atoms with E-state index in [1.54, 1.807) is 24.3 Å². The number of rotatable bonds is 7. The van der Waals surface area contributed by atoms with E-state index in [-0.39, 0.29) is 13.0 Å². The van der Waals surface area contributed by atoms with E-state index in [0.717, 1.165) is 11.1 Å². The summed E-state index contributed by atoms with van der Waals surface area (Å²) in [7, 11) is 0. The SMILES string of the molecule is Cc1cc(C)cc(Oc2cccc([C@H]3O[C@H](CO)C[C@H](O[C@H]4O[C@H](CO)[C@@H](O)[C@H](O)[C@@H]4O)[C@@H]3O)c2)c1. The molecule has 0 aromatic heterocycles. The predicted octanol–water partition coefficient (Wildman–Crippen LogP) is 0.464. The molecule has 2 heterocycles. The van der Waals surface area contributed by atoms with Crippen LogP contribution in [0.15, 0.2) is 42.5 Å². The van der Waals surface area contributed by atoms with Crippen molar-refractivity contribution in [1.29, 1.82) is 0 Å². The first-order valence-electron chi connectivity index (χ1n) is 12.0. The van der Waals surface area contributed by atoms with E-state index in [9.17, 15) is 30.6 Å². The highest BCUT2D eigenvalue weighted by Crippen LogP contribution is 2.37. The molecule has 0 unspecified atom stereocenters. The molecule has 10 nitrogen and oxygen atoms in total. The van der Waals surface area contributed by atoms with E-state index >= 15 is 0 Å². The molecule has 0 radical (unpaired) electrons. The number of benzene rings is 2. The van der Waals surface area contributed by atoms with Gasteiger partial charge in [0.2, 0.25) is 0 Å². The molecule has 2 fully saturated rings. The zero-order valence-electron chi connectivity index (χ0n) is 20.2. The van der Waals surface area contributed by atoms with Crippen LogP contribution in [0.1, 0.15) is 29.2 Å². The molecule has 6 N–H and O–H groups in total. The molecule has 9 atom stereocenters. The van der Waals surface area contributed by atoms with Gasteiger partial charge in [0.25, 0.3) is 0 Å². The minimum absolute atomic E-state index is 0.0853. The Hall–Kier alpha value is -2.12. The summed E-state index contributed by atoms with van der Waals surface area (Å²) >= 11 is 0. The van der Waals surface area contributed by atoms with E-state index in [2.05, 4.69) is 0 Å². The summed E-state index contributed by atoms with van der Waals surface area (Å²) in [5, 5.41) is 60.8. The molecule has 2 saturated heterocycles. The maximum absolute atomic E-state index is 11.1. The Morgan fingerprint density at radius 1 is 0.806 bits per heavy atom. The Labute approximate surface area is 209 Å². The molecular weight excluding hydrogens is 472 g/mol. The fourth-order valence-electron chi connectivity index (χ4n) is 4.70. The lowest BCUT2D eigenvalue weighted by Crippen LogP contribution is -2.60. The van der Waals surface area contributed by atoms with Gasteiger partial charge in [-0.05, 0) is 54.8 Å². The van der Waals surface area contributed by atoms with Crippen molar-refractivity contribution in [1.82, 2.24) is 0 Å². The first-order valence-corrected chi connectivity index (χ1v) is 12.0. The van der Waals surface area contributed by atoms with Crippen molar-refractivity contribution in [3.05, 3.63) is 59.2 Å². The number of hydrogen-bond acceptors (Lipinski definition) is 10. The second-order valence-corrected chi connectivity index (χ2v) is 9.46. The first kappa shape index (κ1) is 26.9. The maximum atomic E-state index is 11.1. The van der Waals surface area contributed by atoms with E-state index in [1.165, 1.54) is 0 Å². The summed E-state index contributed by atoms with van der Waals surface area (Å²) in [6.45, 7) is 3.02. The van der Waals surface area contributed by atoms with E-state index in [0.29, 0.717) is 17.1 Å². The number of aryl methyl sites for hydroxylation is 2. The number of aliphatic hydroxyl groups is 6. The highest BCUT2D eigenvalue weighted by molar-refractivity contribution is 5.39. The van der Waals surface area contributed by atoms with Crippen molar-refractivity contribution in [2.45, 2.75) is 75.4 Å². The van der Waals surface area contributed by atoms with Gasteiger partial charge in [0.15, 0.2) is 6.29 Å². The summed E-state index contributed by atoms with van der Waals surface area (Å²) in [6, 6.07) is 12.9. The molecule has 2 aliphatic rings. The Bertz CT molecular complexity index is 994. The molecule has 0 bridgehead atoms. The molecule has 0 amide bonds. The normalized spacial score (nSPS) is 34.9. The van der Waals surface area contributed by atoms with Crippen molar-refractivity contribution >= 4 is 0 Å². The standard InChI is InChI=1S/C26H34O10/c1-13-6-14(2)8-17(7-13)33-16-5-3-4-15(9-16)25-22(30)19(10-18(11-27)34-25)35-26-24(32)23(31)21(29)20(12-28)36-26/h3-9,18-32H,10-12H2,1-2H3/t18-,19-,20+,21+,22-,23-,24-,25+,26-/m0/s1. The molecule has 0 aliphatic carbocycles. The zero-order valence-corrected chi connectivity index (χ0v) is 20.2. The van der Waals surface area contributed by atoms with Crippen LogP contribution < -0.4 is 4.74 Å². The van der Waals surface area contributed by atoms with Crippen LogP contribution in [0.25, 0.3) is 0 Å². The van der Waals surface area contributed by atoms with Gasteiger partial charge in [-0.2, -0.15) is 0 Å². The van der Waals surface area contributed by atoms with Crippen molar-refractivity contribution in [3.8, 4) is 11.5 Å². The van der Waals surface area contributed by atoms with Gasteiger partial charge >= 0.3 is 0 Å². The first-order chi connectivity index (χ1) is 17.2. The van der Waals surface area contributed by atoms with Crippen LogP contribution in [0, 0.1) is 13.8 Å². The molecule has 0 spiro atoms. The Morgan fingerprint density at radius 3 is 2.19 bits per heavy atom. The molecule has 36 heavy (non-hydrogen) atoms. The molecule has 2 aromatic rings. The minimum atomic E-state index is -1.61. The fraction of sp³-hybridized carbons (Fsp3) is 0.538. The van der Waals surface area contributed by atoms with E-state index in [4.69, 9.17) is 18.9 Å². The van der Waals surface area contributed by atoms with Gasteiger partial charge in [-0.25, -0.2) is 0 Å². The predicted molar refractivity (Wildman–Crippen MR) is 126 cm³/mol. The number of ether oxygens (including phenoxy) is 4. The lowest BCUT2D eigenvalue weighted by atomic mass is 9.92. The lowest BCUT2D eigenvalue weighted by Gasteiger charge is -2.44. The van der Waals surface area contributed by atoms with Crippen LogP contribution >= 0.6 is 0 Å². The fourth-order valence-corrected chi connectivity index (χ4v) is 4.70. The maximum Gasteiger partial charge on any atom is 0.187 e. The summed E-state index contributed by atoms with van der Waals surface area (Å²) < 4.78 is 23.2. The highest BCUT2D eigenvalue weighted by Gasteiger charge is 2.47. The zero-order chi connectivity index (χ0) is 26.0. The van der Waals surface area contributed by atoms with Gasteiger partial charge in [-0.1, -0.05) is 18.2 Å². The second kappa shape index (κ2) is 11.5. The molecule has 2 aliphatic heterocycles. The van der Waals surface area contributed by atoms with Crippen molar-refractivity contribution in [3.63, 3.8) is 0 Å². The third-order valence-corrected chi connectivity index (χ3v) is 6.50. The third-order valence-electron chi connectivity index (χ3n) is 6.50. The van der Waals surface area contributed by atoms with Gasteiger partial charge < -0.3 is 49.6 Å². The van der Waals surface area contributed by atoms with Crippen LogP contribution in [0.2, 0.25) is 0 Å². The summed E-state index contributed by atoms with van der Waals surface area (Å²) in [4.78, 5) is 0. The summed E-state index contributed by atoms with van der Waals surface area (Å²) in [5.41, 5.74) is 2.71. The second-order valence-electron chi connectivity index (χ2n) is 9.46. The van der Waals surface area contributed by atoms with Crippen molar-refractivity contribution < 1.29 is 49.6 Å². The van der Waals surface area contributed by atoms with Crippen molar-refractivity contribution in [2.24, 2.45) is 0 Å². The molecule has 2 aromatic carbocycles. The van der Waals surface area contributed by atoms with E-state index < -0.39 is 61.7 Å². The largest absolute Gasteiger partial charge is 0.457 e. The highest BCUT2D eigenvalue weighted by atomic mass is 16.7. The van der Waals surface area contributed by atoms with Gasteiger partial charge in [0.1, 0.15) is 48.1 Å². The number of hydrogen-bond donors (Lipinski definition) is 6. The Kier molecular flexibility index (Phi) is 8.61.